The number of nitrogens with two attached hydrogens (primary N) is 1. The molecule has 98 valence electrons. The first kappa shape index (κ1) is 12.7. The fourth-order valence-corrected chi connectivity index (χ4v) is 1.91. The maximum atomic E-state index is 5.77. The Bertz CT molecular complexity index is 434. The van der Waals surface area contributed by atoms with Crippen molar-refractivity contribution in [2.45, 2.75) is 6.04 Å². The number of ether oxygens (including phenoxy) is 3. The Morgan fingerprint density at radius 2 is 2.39 bits per heavy atom. The number of hydrogen-bond acceptors (Lipinski definition) is 5. The highest BCUT2D eigenvalue weighted by Crippen LogP contribution is 2.42. The topological polar surface area (TPSA) is 65.7 Å². The van der Waals surface area contributed by atoms with Crippen molar-refractivity contribution in [3.05, 3.63) is 30.4 Å². The lowest BCUT2D eigenvalue weighted by Crippen LogP contribution is -2.28. The van der Waals surface area contributed by atoms with E-state index in [1.807, 2.05) is 12.1 Å². The lowest BCUT2D eigenvalue weighted by atomic mass is 10.1. The molecule has 0 aromatic heterocycles. The van der Waals surface area contributed by atoms with Crippen LogP contribution in [0, 0.1) is 0 Å². The Morgan fingerprint density at radius 3 is 3.06 bits per heavy atom. The molecule has 0 spiro atoms. The molecular weight excluding hydrogens is 232 g/mol. The Kier molecular flexibility index (Phi) is 4.07. The summed E-state index contributed by atoms with van der Waals surface area (Å²) in [5.41, 5.74) is 6.79. The Balaban J connectivity index is 2.29. The largest absolute Gasteiger partial charge is 0.493 e. The van der Waals surface area contributed by atoms with E-state index in [0.29, 0.717) is 30.3 Å². The van der Waals surface area contributed by atoms with E-state index >= 15 is 0 Å². The highest BCUT2D eigenvalue weighted by Gasteiger charge is 2.22. The Labute approximate surface area is 107 Å². The minimum absolute atomic E-state index is 0.0337. The van der Waals surface area contributed by atoms with Crippen molar-refractivity contribution in [3.63, 3.8) is 0 Å². The van der Waals surface area contributed by atoms with Crippen LogP contribution in [0.5, 0.6) is 17.2 Å². The number of fused-ring (bicyclic) bond motifs is 1. The molecule has 1 aliphatic heterocycles. The molecule has 1 aromatic carbocycles. The van der Waals surface area contributed by atoms with Crippen molar-refractivity contribution in [1.29, 1.82) is 0 Å². The summed E-state index contributed by atoms with van der Waals surface area (Å²) in [7, 11) is 1.61. The average Bonchev–Trinajstić information content (AvgIpc) is 2.87. The van der Waals surface area contributed by atoms with E-state index in [2.05, 4.69) is 11.9 Å². The second-order valence-electron chi connectivity index (χ2n) is 3.94. The predicted molar refractivity (Wildman–Crippen MR) is 69.1 cm³/mol. The monoisotopic (exact) mass is 250 g/mol. The molecule has 5 heteroatoms. The first-order valence-electron chi connectivity index (χ1n) is 5.82. The third kappa shape index (κ3) is 2.42. The Morgan fingerprint density at radius 1 is 1.56 bits per heavy atom. The van der Waals surface area contributed by atoms with Gasteiger partial charge < -0.3 is 25.3 Å². The van der Waals surface area contributed by atoms with E-state index in [9.17, 15) is 0 Å². The van der Waals surface area contributed by atoms with Gasteiger partial charge in [0.1, 0.15) is 0 Å². The van der Waals surface area contributed by atoms with Gasteiger partial charge in [0.15, 0.2) is 11.5 Å². The van der Waals surface area contributed by atoms with Gasteiger partial charge in [0.05, 0.1) is 7.11 Å². The molecule has 0 aliphatic carbocycles. The SMILES string of the molecule is C=CCNC(CN)c1cc(OC)c2c(c1)OCO2. The average molecular weight is 250 g/mol. The molecule has 1 aliphatic rings. The molecule has 18 heavy (non-hydrogen) atoms. The van der Waals surface area contributed by atoms with Crippen LogP contribution in [0.4, 0.5) is 0 Å². The van der Waals surface area contributed by atoms with Crippen molar-refractivity contribution >= 4 is 0 Å². The summed E-state index contributed by atoms with van der Waals surface area (Å²) in [5.74, 6) is 2.02. The highest BCUT2D eigenvalue weighted by molar-refractivity contribution is 5.55. The quantitative estimate of drug-likeness (QED) is 0.743. The molecule has 0 radical (unpaired) electrons. The molecule has 1 heterocycles. The zero-order chi connectivity index (χ0) is 13.0. The third-order valence-corrected chi connectivity index (χ3v) is 2.83. The van der Waals surface area contributed by atoms with E-state index in [1.165, 1.54) is 0 Å². The second-order valence-corrected chi connectivity index (χ2v) is 3.94. The van der Waals surface area contributed by atoms with Crippen molar-refractivity contribution in [1.82, 2.24) is 5.32 Å². The van der Waals surface area contributed by atoms with Crippen LogP contribution < -0.4 is 25.3 Å². The summed E-state index contributed by atoms with van der Waals surface area (Å²) >= 11 is 0. The molecule has 3 N–H and O–H groups in total. The van der Waals surface area contributed by atoms with Crippen molar-refractivity contribution in [2.24, 2.45) is 5.73 Å². The van der Waals surface area contributed by atoms with Gasteiger partial charge >= 0.3 is 0 Å². The number of rotatable bonds is 6. The van der Waals surface area contributed by atoms with Crippen LogP contribution >= 0.6 is 0 Å². The number of nitrogens with one attached hydrogen (secondary N) is 1. The van der Waals surface area contributed by atoms with Crippen LogP contribution in [0.3, 0.4) is 0 Å². The van der Waals surface area contributed by atoms with E-state index < -0.39 is 0 Å². The van der Waals surface area contributed by atoms with Crippen LogP contribution in [0.1, 0.15) is 11.6 Å². The molecule has 1 unspecified atom stereocenters. The van der Waals surface area contributed by atoms with Gasteiger partial charge in [0, 0.05) is 19.1 Å². The summed E-state index contributed by atoms with van der Waals surface area (Å²) < 4.78 is 16.0. The molecular formula is C13H18N2O3. The lowest BCUT2D eigenvalue weighted by molar-refractivity contribution is 0.171. The standard InChI is InChI=1S/C13H18N2O3/c1-3-4-15-10(7-14)9-5-11(16-2)13-12(6-9)17-8-18-13/h3,5-6,10,15H,1,4,7-8,14H2,2H3. The maximum absolute atomic E-state index is 5.77. The van der Waals surface area contributed by atoms with Crippen LogP contribution in [0.25, 0.3) is 0 Å². The van der Waals surface area contributed by atoms with Crippen molar-refractivity contribution in [2.75, 3.05) is 27.0 Å². The third-order valence-electron chi connectivity index (χ3n) is 2.83. The van der Waals surface area contributed by atoms with E-state index in [4.69, 9.17) is 19.9 Å². The maximum Gasteiger partial charge on any atom is 0.231 e. The molecule has 1 aromatic rings. The van der Waals surface area contributed by atoms with Gasteiger partial charge in [-0.1, -0.05) is 6.08 Å². The van der Waals surface area contributed by atoms with Gasteiger partial charge in [-0.05, 0) is 17.7 Å². The second kappa shape index (κ2) is 5.75. The highest BCUT2D eigenvalue weighted by atomic mass is 16.7. The minimum atomic E-state index is 0.0337. The number of hydrogen-bond donors (Lipinski definition) is 2. The molecule has 1 atom stereocenters. The van der Waals surface area contributed by atoms with Gasteiger partial charge in [-0.25, -0.2) is 0 Å². The van der Waals surface area contributed by atoms with Gasteiger partial charge in [-0.3, -0.25) is 0 Å². The van der Waals surface area contributed by atoms with Crippen molar-refractivity contribution in [3.8, 4) is 17.2 Å². The fraction of sp³-hybridized carbons (Fsp3) is 0.385. The summed E-state index contributed by atoms with van der Waals surface area (Å²) in [6.07, 6.45) is 1.80. The first-order valence-corrected chi connectivity index (χ1v) is 5.82. The fourth-order valence-electron chi connectivity index (χ4n) is 1.91. The molecule has 0 fully saturated rings. The summed E-state index contributed by atoms with van der Waals surface area (Å²) in [6, 6.07) is 3.88. The minimum Gasteiger partial charge on any atom is -0.493 e. The normalized spacial score (nSPS) is 14.3. The molecule has 0 saturated heterocycles. The molecule has 5 nitrogen and oxygen atoms in total. The summed E-state index contributed by atoms with van der Waals surface area (Å²) in [6.45, 7) is 5.08. The number of methoxy groups -OCH3 is 1. The summed E-state index contributed by atoms with van der Waals surface area (Å²) in [5, 5.41) is 3.28. The van der Waals surface area contributed by atoms with Gasteiger partial charge in [-0.15, -0.1) is 6.58 Å². The Hall–Kier alpha value is -1.72. The molecule has 0 bridgehead atoms. The summed E-state index contributed by atoms with van der Waals surface area (Å²) in [4.78, 5) is 0. The van der Waals surface area contributed by atoms with Gasteiger partial charge in [-0.2, -0.15) is 0 Å². The molecule has 0 amide bonds. The van der Waals surface area contributed by atoms with E-state index in [-0.39, 0.29) is 12.8 Å². The van der Waals surface area contributed by atoms with E-state index in [0.717, 1.165) is 5.56 Å². The first-order chi connectivity index (χ1) is 8.80. The molecule has 2 rings (SSSR count). The van der Waals surface area contributed by atoms with E-state index in [1.54, 1.807) is 13.2 Å². The van der Waals surface area contributed by atoms with Crippen LogP contribution in [0.2, 0.25) is 0 Å². The zero-order valence-electron chi connectivity index (χ0n) is 10.4. The smallest absolute Gasteiger partial charge is 0.231 e. The van der Waals surface area contributed by atoms with Crippen LogP contribution in [0.15, 0.2) is 24.8 Å². The zero-order valence-corrected chi connectivity index (χ0v) is 10.4. The van der Waals surface area contributed by atoms with Crippen molar-refractivity contribution < 1.29 is 14.2 Å². The predicted octanol–water partition coefficient (Wildman–Crippen LogP) is 1.20. The lowest BCUT2D eigenvalue weighted by Gasteiger charge is -2.17. The van der Waals surface area contributed by atoms with Gasteiger partial charge in [0.2, 0.25) is 12.5 Å². The van der Waals surface area contributed by atoms with Crippen LogP contribution in [-0.4, -0.2) is 27.0 Å². The van der Waals surface area contributed by atoms with Crippen LogP contribution in [-0.2, 0) is 0 Å². The molecule has 0 saturated carbocycles. The van der Waals surface area contributed by atoms with Gasteiger partial charge in [0.25, 0.3) is 0 Å². The number of benzene rings is 1.